The number of nitrogens with one attached hydrogen (secondary N) is 1. The minimum absolute atomic E-state index is 0.0612. The summed E-state index contributed by atoms with van der Waals surface area (Å²) in [4.78, 5) is 14.2. The zero-order valence-electron chi connectivity index (χ0n) is 11.5. The van der Waals surface area contributed by atoms with Gasteiger partial charge in [-0.15, -0.1) is 0 Å². The summed E-state index contributed by atoms with van der Waals surface area (Å²) in [5.74, 6) is 0.236. The van der Waals surface area contributed by atoms with Gasteiger partial charge in [0.2, 0.25) is 5.91 Å². The number of nitrogens with zero attached hydrogens (tertiary/aromatic N) is 1. The lowest BCUT2D eigenvalue weighted by molar-refractivity contribution is -0.140. The number of rotatable bonds is 4. The van der Waals surface area contributed by atoms with E-state index in [1.54, 1.807) is 18.7 Å². The molecule has 1 aliphatic rings. The fourth-order valence-corrected chi connectivity index (χ4v) is 2.43. The predicted molar refractivity (Wildman–Crippen MR) is 68.7 cm³/mol. The third-order valence-corrected chi connectivity index (χ3v) is 3.35. The molecule has 0 saturated carbocycles. The highest BCUT2D eigenvalue weighted by Gasteiger charge is 2.32. The maximum atomic E-state index is 12.4. The molecule has 17 heavy (non-hydrogen) atoms. The molecule has 1 fully saturated rings. The summed E-state index contributed by atoms with van der Waals surface area (Å²) in [6.45, 7) is 9.58. The maximum absolute atomic E-state index is 12.4. The molecular formula is C13H26N2O2. The number of hydrogen-bond acceptors (Lipinski definition) is 3. The Hall–Kier alpha value is -0.610. The van der Waals surface area contributed by atoms with E-state index in [4.69, 9.17) is 0 Å². The lowest BCUT2D eigenvalue weighted by Gasteiger charge is -2.35. The van der Waals surface area contributed by atoms with Gasteiger partial charge in [0.05, 0.1) is 11.5 Å². The summed E-state index contributed by atoms with van der Waals surface area (Å²) in [7, 11) is 0. The molecule has 1 amide bonds. The Labute approximate surface area is 104 Å². The molecule has 2 atom stereocenters. The van der Waals surface area contributed by atoms with E-state index in [-0.39, 0.29) is 17.9 Å². The van der Waals surface area contributed by atoms with Gasteiger partial charge >= 0.3 is 0 Å². The number of piperidine rings is 1. The second kappa shape index (κ2) is 5.83. The molecule has 0 aliphatic carbocycles. The van der Waals surface area contributed by atoms with Crippen LogP contribution in [0.5, 0.6) is 0 Å². The fourth-order valence-electron chi connectivity index (χ4n) is 2.43. The van der Waals surface area contributed by atoms with Crippen molar-refractivity contribution < 1.29 is 9.90 Å². The Morgan fingerprint density at radius 2 is 2.18 bits per heavy atom. The minimum atomic E-state index is -0.822. The van der Waals surface area contributed by atoms with E-state index in [2.05, 4.69) is 12.2 Å². The minimum Gasteiger partial charge on any atom is -0.389 e. The first-order valence-corrected chi connectivity index (χ1v) is 6.59. The molecule has 1 saturated heterocycles. The molecule has 1 rings (SSSR count). The van der Waals surface area contributed by atoms with E-state index >= 15 is 0 Å². The molecular weight excluding hydrogens is 216 g/mol. The molecule has 4 nitrogen and oxygen atoms in total. The largest absolute Gasteiger partial charge is 0.389 e. The molecule has 100 valence electrons. The van der Waals surface area contributed by atoms with Gasteiger partial charge in [-0.05, 0) is 47.1 Å². The van der Waals surface area contributed by atoms with Crippen molar-refractivity contribution in [1.29, 1.82) is 0 Å². The van der Waals surface area contributed by atoms with E-state index < -0.39 is 5.60 Å². The first-order valence-electron chi connectivity index (χ1n) is 6.59. The number of likely N-dealkylation sites (N-methyl/N-ethyl adjacent to an activating group) is 1. The topological polar surface area (TPSA) is 52.6 Å². The van der Waals surface area contributed by atoms with Gasteiger partial charge in [-0.1, -0.05) is 0 Å². The van der Waals surface area contributed by atoms with E-state index in [0.717, 1.165) is 19.4 Å². The van der Waals surface area contributed by atoms with Crippen LogP contribution in [0.4, 0.5) is 0 Å². The lowest BCUT2D eigenvalue weighted by Crippen LogP contribution is -2.51. The monoisotopic (exact) mass is 242 g/mol. The van der Waals surface area contributed by atoms with Crippen molar-refractivity contribution in [2.24, 2.45) is 5.92 Å². The third kappa shape index (κ3) is 4.28. The zero-order chi connectivity index (χ0) is 13.1. The van der Waals surface area contributed by atoms with Crippen LogP contribution in [0.25, 0.3) is 0 Å². The quantitative estimate of drug-likeness (QED) is 0.773. The van der Waals surface area contributed by atoms with Gasteiger partial charge in [0.1, 0.15) is 0 Å². The van der Waals surface area contributed by atoms with Gasteiger partial charge in [-0.3, -0.25) is 4.79 Å². The second-order valence-corrected chi connectivity index (χ2v) is 5.66. The molecule has 0 aromatic rings. The van der Waals surface area contributed by atoms with E-state index in [9.17, 15) is 9.90 Å². The van der Waals surface area contributed by atoms with Crippen LogP contribution in [0.2, 0.25) is 0 Å². The highest BCUT2D eigenvalue weighted by atomic mass is 16.3. The van der Waals surface area contributed by atoms with Gasteiger partial charge in [0.15, 0.2) is 0 Å². The van der Waals surface area contributed by atoms with Crippen molar-refractivity contribution in [2.45, 2.75) is 52.2 Å². The lowest BCUT2D eigenvalue weighted by atomic mass is 9.90. The molecule has 1 heterocycles. The standard InChI is InChI=1S/C13H26N2O2/c1-5-15(9-13(3,4)17)12(16)11-7-6-8-14-10(11)2/h10-11,14,17H,5-9H2,1-4H3. The predicted octanol–water partition coefficient (Wildman–Crippen LogP) is 0.994. The average molecular weight is 242 g/mol. The molecule has 0 spiro atoms. The third-order valence-electron chi connectivity index (χ3n) is 3.35. The molecule has 0 radical (unpaired) electrons. The van der Waals surface area contributed by atoms with E-state index in [0.29, 0.717) is 13.1 Å². The molecule has 2 unspecified atom stereocenters. The van der Waals surface area contributed by atoms with Gasteiger partial charge in [-0.25, -0.2) is 0 Å². The number of carbonyl (C=O) groups excluding carboxylic acids is 1. The number of amides is 1. The van der Waals surface area contributed by atoms with Crippen LogP contribution >= 0.6 is 0 Å². The van der Waals surface area contributed by atoms with Crippen LogP contribution in [-0.4, -0.2) is 47.2 Å². The second-order valence-electron chi connectivity index (χ2n) is 5.66. The van der Waals surface area contributed by atoms with E-state index in [1.165, 1.54) is 0 Å². The van der Waals surface area contributed by atoms with Gasteiger partial charge < -0.3 is 15.3 Å². The van der Waals surface area contributed by atoms with Crippen LogP contribution in [0.3, 0.4) is 0 Å². The Morgan fingerprint density at radius 3 is 2.65 bits per heavy atom. The summed E-state index contributed by atoms with van der Waals surface area (Å²) in [5, 5.41) is 13.2. The smallest absolute Gasteiger partial charge is 0.227 e. The van der Waals surface area contributed by atoms with Crippen LogP contribution < -0.4 is 5.32 Å². The van der Waals surface area contributed by atoms with Crippen molar-refractivity contribution >= 4 is 5.91 Å². The van der Waals surface area contributed by atoms with Gasteiger partial charge in [0, 0.05) is 19.1 Å². The highest BCUT2D eigenvalue weighted by molar-refractivity contribution is 5.79. The Morgan fingerprint density at radius 1 is 1.53 bits per heavy atom. The van der Waals surface area contributed by atoms with Gasteiger partial charge in [0.25, 0.3) is 0 Å². The van der Waals surface area contributed by atoms with Crippen LogP contribution in [0.1, 0.15) is 40.5 Å². The molecule has 0 bridgehead atoms. The molecule has 0 aromatic heterocycles. The summed E-state index contributed by atoms with van der Waals surface area (Å²) < 4.78 is 0. The van der Waals surface area contributed by atoms with Crippen molar-refractivity contribution in [1.82, 2.24) is 10.2 Å². The SMILES string of the molecule is CCN(CC(C)(C)O)C(=O)C1CCCNC1C. The van der Waals surface area contributed by atoms with Crippen LogP contribution in [0, 0.1) is 5.92 Å². The zero-order valence-corrected chi connectivity index (χ0v) is 11.5. The Kier molecular flexibility index (Phi) is 4.95. The molecule has 4 heteroatoms. The van der Waals surface area contributed by atoms with E-state index in [1.807, 2.05) is 6.92 Å². The van der Waals surface area contributed by atoms with Crippen molar-refractivity contribution in [3.05, 3.63) is 0 Å². The summed E-state index contributed by atoms with van der Waals surface area (Å²) in [5.41, 5.74) is -0.822. The van der Waals surface area contributed by atoms with Gasteiger partial charge in [-0.2, -0.15) is 0 Å². The first kappa shape index (κ1) is 14.5. The number of aliphatic hydroxyl groups is 1. The van der Waals surface area contributed by atoms with Crippen molar-refractivity contribution in [3.8, 4) is 0 Å². The Balaban J connectivity index is 2.64. The average Bonchev–Trinajstić information content (AvgIpc) is 2.24. The van der Waals surface area contributed by atoms with Crippen LogP contribution in [-0.2, 0) is 4.79 Å². The normalized spacial score (nSPS) is 25.7. The summed E-state index contributed by atoms with van der Waals surface area (Å²) >= 11 is 0. The highest BCUT2D eigenvalue weighted by Crippen LogP contribution is 2.20. The number of hydrogen-bond donors (Lipinski definition) is 2. The fraction of sp³-hybridized carbons (Fsp3) is 0.923. The first-order chi connectivity index (χ1) is 7.85. The Bertz CT molecular complexity index is 261. The van der Waals surface area contributed by atoms with Crippen molar-refractivity contribution in [2.75, 3.05) is 19.6 Å². The molecule has 0 aromatic carbocycles. The maximum Gasteiger partial charge on any atom is 0.227 e. The molecule has 2 N–H and O–H groups in total. The van der Waals surface area contributed by atoms with Crippen molar-refractivity contribution in [3.63, 3.8) is 0 Å². The van der Waals surface area contributed by atoms with Crippen LogP contribution in [0.15, 0.2) is 0 Å². The summed E-state index contributed by atoms with van der Waals surface area (Å²) in [6.07, 6.45) is 2.01. The number of carbonyl (C=O) groups is 1. The molecule has 1 aliphatic heterocycles. The summed E-state index contributed by atoms with van der Waals surface area (Å²) in [6, 6.07) is 0.243.